The van der Waals surface area contributed by atoms with Gasteiger partial charge in [0.05, 0.1) is 0 Å². The average Bonchev–Trinajstić information content (AvgIpc) is 2.33. The topological polar surface area (TPSA) is 103 Å². The second-order valence-corrected chi connectivity index (χ2v) is 7.04. The molecule has 2 rings (SSSR count). The maximum absolute atomic E-state index is 12.0. The van der Waals surface area contributed by atoms with Gasteiger partial charge in [0.2, 0.25) is 0 Å². The van der Waals surface area contributed by atoms with Crippen LogP contribution in [0.1, 0.15) is 33.6 Å². The van der Waals surface area contributed by atoms with E-state index in [1.807, 2.05) is 20.8 Å². The summed E-state index contributed by atoms with van der Waals surface area (Å²) in [5.74, 6) is -0.531. The standard InChI is InChI=1S/C10H16O4S.H2O/c1-9(2)6-4-5-10(9,3)8(11)7(6)15(12,13)14;/h6-7H,4-5H2,1-3H3,(H,12,13,14);1H2. The summed E-state index contributed by atoms with van der Waals surface area (Å²) in [6.07, 6.45) is 1.44. The van der Waals surface area contributed by atoms with Crippen LogP contribution in [-0.4, -0.2) is 29.5 Å². The van der Waals surface area contributed by atoms with Gasteiger partial charge < -0.3 is 5.48 Å². The third kappa shape index (κ3) is 1.30. The molecule has 0 heterocycles. The van der Waals surface area contributed by atoms with Crippen LogP contribution in [0, 0.1) is 16.7 Å². The molecule has 0 spiro atoms. The predicted octanol–water partition coefficient (Wildman–Crippen LogP) is 0.443. The summed E-state index contributed by atoms with van der Waals surface area (Å²) in [6.45, 7) is 5.67. The van der Waals surface area contributed by atoms with Gasteiger partial charge in [-0.05, 0) is 24.2 Å². The highest BCUT2D eigenvalue weighted by atomic mass is 32.2. The lowest BCUT2D eigenvalue weighted by molar-refractivity contribution is -0.128. The molecule has 2 aliphatic carbocycles. The van der Waals surface area contributed by atoms with Crippen molar-refractivity contribution in [2.75, 3.05) is 0 Å². The van der Waals surface area contributed by atoms with E-state index in [0.29, 0.717) is 6.42 Å². The van der Waals surface area contributed by atoms with Crippen molar-refractivity contribution in [2.24, 2.45) is 16.7 Å². The Balaban J connectivity index is 0.00000128. The molecule has 2 aliphatic rings. The van der Waals surface area contributed by atoms with Gasteiger partial charge in [-0.2, -0.15) is 8.42 Å². The molecule has 2 fully saturated rings. The number of hydrogen-bond donors (Lipinski definition) is 1. The van der Waals surface area contributed by atoms with Crippen molar-refractivity contribution < 1.29 is 23.2 Å². The van der Waals surface area contributed by atoms with Gasteiger partial charge in [0.1, 0.15) is 5.25 Å². The molecule has 2 saturated carbocycles. The third-order valence-electron chi connectivity index (χ3n) is 4.79. The SMILES string of the molecule is CC12CCC(C(S(=O)(=O)O)C1=O)C2(C)C.O. The second-order valence-electron chi connectivity index (χ2n) is 5.50. The number of rotatable bonds is 1. The zero-order valence-corrected chi connectivity index (χ0v) is 10.5. The van der Waals surface area contributed by atoms with Crippen LogP contribution in [-0.2, 0) is 14.9 Å². The van der Waals surface area contributed by atoms with E-state index in [1.165, 1.54) is 0 Å². The summed E-state index contributed by atoms with van der Waals surface area (Å²) in [7, 11) is -4.24. The van der Waals surface area contributed by atoms with Gasteiger partial charge in [0.25, 0.3) is 10.1 Å². The molecule has 3 unspecified atom stereocenters. The summed E-state index contributed by atoms with van der Waals surface area (Å²) in [5.41, 5.74) is -0.914. The quantitative estimate of drug-likeness (QED) is 0.682. The Morgan fingerprint density at radius 2 is 1.81 bits per heavy atom. The van der Waals surface area contributed by atoms with Crippen molar-refractivity contribution in [1.29, 1.82) is 0 Å². The molecule has 0 aromatic carbocycles. The smallest absolute Gasteiger partial charge is 0.275 e. The molecule has 16 heavy (non-hydrogen) atoms. The normalized spacial score (nSPS) is 40.9. The lowest BCUT2D eigenvalue weighted by atomic mass is 9.70. The Morgan fingerprint density at radius 1 is 1.31 bits per heavy atom. The Morgan fingerprint density at radius 3 is 2.06 bits per heavy atom. The summed E-state index contributed by atoms with van der Waals surface area (Å²) >= 11 is 0. The Bertz CT molecular complexity index is 424. The first-order valence-corrected chi connectivity index (χ1v) is 6.63. The molecule has 0 aromatic heterocycles. The average molecular weight is 250 g/mol. The Kier molecular flexibility index (Phi) is 2.78. The molecule has 94 valence electrons. The first kappa shape index (κ1) is 13.6. The minimum atomic E-state index is -4.24. The first-order chi connectivity index (χ1) is 6.62. The van der Waals surface area contributed by atoms with E-state index in [0.717, 1.165) is 6.42 Å². The molecule has 6 heteroatoms. The van der Waals surface area contributed by atoms with Gasteiger partial charge in [-0.1, -0.05) is 20.8 Å². The number of Topliss-reactive ketones (excluding diaryl/α,β-unsaturated/α-hetero) is 1. The Hall–Kier alpha value is -0.460. The highest BCUT2D eigenvalue weighted by molar-refractivity contribution is 7.87. The van der Waals surface area contributed by atoms with E-state index in [1.54, 1.807) is 0 Å². The van der Waals surface area contributed by atoms with E-state index >= 15 is 0 Å². The first-order valence-electron chi connectivity index (χ1n) is 5.13. The predicted molar refractivity (Wildman–Crippen MR) is 58.6 cm³/mol. The van der Waals surface area contributed by atoms with E-state index in [2.05, 4.69) is 0 Å². The number of fused-ring (bicyclic) bond motifs is 2. The molecule has 3 N–H and O–H groups in total. The van der Waals surface area contributed by atoms with Crippen molar-refractivity contribution >= 4 is 15.9 Å². The molecule has 0 saturated heterocycles. The summed E-state index contributed by atoms with van der Waals surface area (Å²) in [4.78, 5) is 12.0. The van der Waals surface area contributed by atoms with Gasteiger partial charge in [-0.25, -0.2) is 0 Å². The Labute approximate surface area is 95.3 Å². The fourth-order valence-corrected chi connectivity index (χ4v) is 4.77. The minimum absolute atomic E-state index is 0. The number of ketones is 1. The number of carbonyl (C=O) groups excluding carboxylic acids is 1. The highest BCUT2D eigenvalue weighted by Crippen LogP contribution is 2.64. The highest BCUT2D eigenvalue weighted by Gasteiger charge is 2.69. The molecule has 0 amide bonds. The van der Waals surface area contributed by atoms with Crippen molar-refractivity contribution in [2.45, 2.75) is 38.9 Å². The van der Waals surface area contributed by atoms with Crippen LogP contribution in [0.15, 0.2) is 0 Å². The maximum atomic E-state index is 12.0. The fraction of sp³-hybridized carbons (Fsp3) is 0.900. The molecular weight excluding hydrogens is 232 g/mol. The largest absolute Gasteiger partial charge is 0.412 e. The van der Waals surface area contributed by atoms with E-state index in [4.69, 9.17) is 4.55 Å². The fourth-order valence-electron chi connectivity index (χ4n) is 3.35. The molecule has 0 aliphatic heterocycles. The zero-order chi connectivity index (χ0) is 11.6. The minimum Gasteiger partial charge on any atom is -0.412 e. The van der Waals surface area contributed by atoms with Gasteiger partial charge in [0.15, 0.2) is 5.78 Å². The monoisotopic (exact) mass is 250 g/mol. The molecule has 2 bridgehead atoms. The summed E-state index contributed by atoms with van der Waals surface area (Å²) < 4.78 is 31.5. The lowest BCUT2D eigenvalue weighted by Gasteiger charge is -2.32. The van der Waals surface area contributed by atoms with Crippen LogP contribution in [0.4, 0.5) is 0 Å². The van der Waals surface area contributed by atoms with Gasteiger partial charge >= 0.3 is 0 Å². The van der Waals surface area contributed by atoms with Crippen LogP contribution in [0.3, 0.4) is 0 Å². The summed E-state index contributed by atoms with van der Waals surface area (Å²) in [6, 6.07) is 0. The maximum Gasteiger partial charge on any atom is 0.275 e. The molecule has 0 aromatic rings. The van der Waals surface area contributed by atoms with Crippen molar-refractivity contribution in [3.05, 3.63) is 0 Å². The number of hydrogen-bond acceptors (Lipinski definition) is 3. The third-order valence-corrected chi connectivity index (χ3v) is 5.98. The van der Waals surface area contributed by atoms with Crippen molar-refractivity contribution in [1.82, 2.24) is 0 Å². The molecule has 0 radical (unpaired) electrons. The van der Waals surface area contributed by atoms with E-state index in [9.17, 15) is 13.2 Å². The van der Waals surface area contributed by atoms with Gasteiger partial charge in [-0.15, -0.1) is 0 Å². The number of carbonyl (C=O) groups is 1. The second kappa shape index (κ2) is 3.27. The lowest BCUT2D eigenvalue weighted by Crippen LogP contribution is -2.38. The van der Waals surface area contributed by atoms with Crippen LogP contribution < -0.4 is 0 Å². The van der Waals surface area contributed by atoms with E-state index in [-0.39, 0.29) is 22.6 Å². The molecule has 5 nitrogen and oxygen atoms in total. The van der Waals surface area contributed by atoms with Crippen molar-refractivity contribution in [3.8, 4) is 0 Å². The van der Waals surface area contributed by atoms with E-state index < -0.39 is 20.8 Å². The molecule has 3 atom stereocenters. The zero-order valence-electron chi connectivity index (χ0n) is 9.65. The van der Waals surface area contributed by atoms with Crippen LogP contribution >= 0.6 is 0 Å². The molecular formula is C10H18O5S. The van der Waals surface area contributed by atoms with Crippen LogP contribution in [0.25, 0.3) is 0 Å². The van der Waals surface area contributed by atoms with Crippen molar-refractivity contribution in [3.63, 3.8) is 0 Å². The summed E-state index contributed by atoms with van der Waals surface area (Å²) in [5, 5.41) is -1.19. The van der Waals surface area contributed by atoms with Gasteiger partial charge in [-0.3, -0.25) is 9.35 Å². The van der Waals surface area contributed by atoms with Crippen LogP contribution in [0.2, 0.25) is 0 Å². The van der Waals surface area contributed by atoms with Crippen LogP contribution in [0.5, 0.6) is 0 Å². The van der Waals surface area contributed by atoms with Gasteiger partial charge in [0, 0.05) is 5.41 Å².